The summed E-state index contributed by atoms with van der Waals surface area (Å²) in [6.45, 7) is 6.05. The molecule has 134 valence electrons. The summed E-state index contributed by atoms with van der Waals surface area (Å²) in [6, 6.07) is 0. The minimum absolute atomic E-state index is 0.00860. The lowest BCUT2D eigenvalue weighted by Gasteiger charge is -2.07. The lowest BCUT2D eigenvalue weighted by atomic mass is 10.2. The monoisotopic (exact) mass is 341 g/mol. The Morgan fingerprint density at radius 3 is 2.50 bits per heavy atom. The topological polar surface area (TPSA) is 114 Å². The maximum absolute atomic E-state index is 11.6. The standard InChI is InChI=1S/C15H23N3O6/c1-11(2)10-24-15(20)6-4-5-14(19)23-8-7-17-12(3)16-9-13(17)18(21)22/h9,11H,4-8,10H2,1-3H3. The smallest absolute Gasteiger partial charge is 0.342 e. The molecule has 1 heterocycles. The van der Waals surface area contributed by atoms with Gasteiger partial charge in [0.05, 0.1) is 6.61 Å². The minimum Gasteiger partial charge on any atom is -0.465 e. The highest BCUT2D eigenvalue weighted by molar-refractivity contribution is 5.72. The van der Waals surface area contributed by atoms with E-state index in [0.717, 1.165) is 0 Å². The Labute approximate surface area is 140 Å². The van der Waals surface area contributed by atoms with Crippen LogP contribution in [0.5, 0.6) is 0 Å². The predicted octanol–water partition coefficient (Wildman–Crippen LogP) is 2.01. The number of ether oxygens (including phenoxy) is 2. The van der Waals surface area contributed by atoms with Crippen LogP contribution in [0, 0.1) is 23.0 Å². The van der Waals surface area contributed by atoms with Crippen LogP contribution in [-0.2, 0) is 25.6 Å². The average molecular weight is 341 g/mol. The molecule has 0 N–H and O–H groups in total. The molecule has 0 aliphatic carbocycles. The molecule has 0 amide bonds. The van der Waals surface area contributed by atoms with Crippen LogP contribution in [0.3, 0.4) is 0 Å². The molecular weight excluding hydrogens is 318 g/mol. The number of hydrogen-bond acceptors (Lipinski definition) is 7. The molecular formula is C15H23N3O6. The van der Waals surface area contributed by atoms with Gasteiger partial charge in [-0.25, -0.2) is 9.55 Å². The van der Waals surface area contributed by atoms with Gasteiger partial charge in [0.25, 0.3) is 0 Å². The second kappa shape index (κ2) is 9.64. The fraction of sp³-hybridized carbons (Fsp3) is 0.667. The molecule has 0 aliphatic heterocycles. The summed E-state index contributed by atoms with van der Waals surface area (Å²) >= 11 is 0. The quantitative estimate of drug-likeness (QED) is 0.363. The average Bonchev–Trinajstić information content (AvgIpc) is 2.86. The third-order valence-electron chi connectivity index (χ3n) is 3.14. The molecule has 0 spiro atoms. The number of hydrogen-bond donors (Lipinski definition) is 0. The summed E-state index contributed by atoms with van der Waals surface area (Å²) in [5, 5.41) is 10.8. The molecule has 1 rings (SSSR count). The number of rotatable bonds is 10. The molecule has 0 unspecified atom stereocenters. The van der Waals surface area contributed by atoms with Crippen LogP contribution in [0.4, 0.5) is 5.82 Å². The van der Waals surface area contributed by atoms with Crippen LogP contribution >= 0.6 is 0 Å². The summed E-state index contributed by atoms with van der Waals surface area (Å²) in [5.41, 5.74) is 0. The van der Waals surface area contributed by atoms with E-state index in [4.69, 9.17) is 9.47 Å². The van der Waals surface area contributed by atoms with Gasteiger partial charge >= 0.3 is 17.8 Å². The summed E-state index contributed by atoms with van der Waals surface area (Å²) in [4.78, 5) is 37.1. The van der Waals surface area contributed by atoms with Gasteiger partial charge in [-0.3, -0.25) is 9.59 Å². The first-order chi connectivity index (χ1) is 11.3. The van der Waals surface area contributed by atoms with Crippen molar-refractivity contribution in [1.82, 2.24) is 9.55 Å². The first kappa shape index (κ1) is 19.6. The van der Waals surface area contributed by atoms with E-state index in [9.17, 15) is 19.7 Å². The third-order valence-corrected chi connectivity index (χ3v) is 3.14. The lowest BCUT2D eigenvalue weighted by molar-refractivity contribution is -0.392. The van der Waals surface area contributed by atoms with Crippen molar-refractivity contribution in [3.8, 4) is 0 Å². The number of carbonyl (C=O) groups excluding carboxylic acids is 2. The van der Waals surface area contributed by atoms with Crippen molar-refractivity contribution >= 4 is 17.8 Å². The van der Waals surface area contributed by atoms with Gasteiger partial charge in [-0.15, -0.1) is 0 Å². The van der Waals surface area contributed by atoms with Gasteiger partial charge in [0, 0.05) is 19.8 Å². The van der Waals surface area contributed by atoms with Crippen LogP contribution in [-0.4, -0.2) is 39.6 Å². The van der Waals surface area contributed by atoms with Crippen LogP contribution in [0.1, 0.15) is 38.9 Å². The number of nitro groups is 1. The molecule has 0 bridgehead atoms. The normalized spacial score (nSPS) is 10.7. The Morgan fingerprint density at radius 2 is 1.92 bits per heavy atom. The van der Waals surface area contributed by atoms with Crippen LogP contribution < -0.4 is 0 Å². The highest BCUT2D eigenvalue weighted by Crippen LogP contribution is 2.13. The third kappa shape index (κ3) is 6.76. The van der Waals surface area contributed by atoms with E-state index in [1.807, 2.05) is 13.8 Å². The first-order valence-corrected chi connectivity index (χ1v) is 7.79. The summed E-state index contributed by atoms with van der Waals surface area (Å²) in [6.07, 6.45) is 1.77. The van der Waals surface area contributed by atoms with Crippen molar-refractivity contribution in [3.05, 3.63) is 22.1 Å². The SMILES string of the molecule is Cc1ncc([N+](=O)[O-])n1CCOC(=O)CCCC(=O)OCC(C)C. The number of imidazole rings is 1. The second-order valence-corrected chi connectivity index (χ2v) is 5.72. The molecule has 0 saturated carbocycles. The van der Waals surface area contributed by atoms with Gasteiger partial charge in [-0.1, -0.05) is 13.8 Å². The van der Waals surface area contributed by atoms with Crippen LogP contribution in [0.15, 0.2) is 6.20 Å². The fourth-order valence-electron chi connectivity index (χ4n) is 1.91. The first-order valence-electron chi connectivity index (χ1n) is 7.79. The summed E-state index contributed by atoms with van der Waals surface area (Å²) in [7, 11) is 0. The Morgan fingerprint density at radius 1 is 1.29 bits per heavy atom. The van der Waals surface area contributed by atoms with E-state index in [2.05, 4.69) is 4.98 Å². The molecule has 1 aromatic rings. The molecule has 0 aliphatic rings. The van der Waals surface area contributed by atoms with Gasteiger partial charge in [0.15, 0.2) is 5.82 Å². The largest absolute Gasteiger partial charge is 0.465 e. The molecule has 9 heteroatoms. The van der Waals surface area contributed by atoms with Crippen molar-refractivity contribution in [2.75, 3.05) is 13.2 Å². The van der Waals surface area contributed by atoms with Crippen molar-refractivity contribution in [3.63, 3.8) is 0 Å². The van der Waals surface area contributed by atoms with E-state index in [1.54, 1.807) is 6.92 Å². The number of nitrogens with zero attached hydrogens (tertiary/aromatic N) is 3. The Bertz CT molecular complexity index is 582. The van der Waals surface area contributed by atoms with Gasteiger partial charge in [-0.2, -0.15) is 0 Å². The summed E-state index contributed by atoms with van der Waals surface area (Å²) < 4.78 is 11.4. The van der Waals surface area contributed by atoms with Gasteiger partial charge in [0.1, 0.15) is 19.3 Å². The van der Waals surface area contributed by atoms with Gasteiger partial charge < -0.3 is 19.6 Å². The molecule has 0 atom stereocenters. The van der Waals surface area contributed by atoms with Crippen LogP contribution in [0.2, 0.25) is 0 Å². The van der Waals surface area contributed by atoms with Crippen molar-refractivity contribution in [1.29, 1.82) is 0 Å². The van der Waals surface area contributed by atoms with Crippen molar-refractivity contribution < 1.29 is 24.0 Å². The van der Waals surface area contributed by atoms with Crippen molar-refractivity contribution in [2.24, 2.45) is 5.92 Å². The molecule has 1 aromatic heterocycles. The molecule has 9 nitrogen and oxygen atoms in total. The zero-order valence-corrected chi connectivity index (χ0v) is 14.2. The van der Waals surface area contributed by atoms with Crippen molar-refractivity contribution in [2.45, 2.75) is 46.6 Å². The lowest BCUT2D eigenvalue weighted by Crippen LogP contribution is -2.14. The highest BCUT2D eigenvalue weighted by atomic mass is 16.6. The number of carbonyl (C=O) groups is 2. The molecule has 24 heavy (non-hydrogen) atoms. The Hall–Kier alpha value is -2.45. The Kier molecular flexibility index (Phi) is 7.87. The molecule has 0 aromatic carbocycles. The van der Waals surface area contributed by atoms with E-state index in [-0.39, 0.29) is 43.7 Å². The zero-order chi connectivity index (χ0) is 18.1. The van der Waals surface area contributed by atoms with Crippen LogP contribution in [0.25, 0.3) is 0 Å². The van der Waals surface area contributed by atoms with Gasteiger partial charge in [-0.05, 0) is 17.3 Å². The Balaban J connectivity index is 2.24. The number of esters is 2. The maximum atomic E-state index is 11.6. The fourth-order valence-corrected chi connectivity index (χ4v) is 1.91. The van der Waals surface area contributed by atoms with E-state index in [0.29, 0.717) is 18.9 Å². The number of aromatic nitrogens is 2. The van der Waals surface area contributed by atoms with E-state index in [1.165, 1.54) is 10.8 Å². The number of aryl methyl sites for hydroxylation is 1. The van der Waals surface area contributed by atoms with E-state index < -0.39 is 10.9 Å². The zero-order valence-electron chi connectivity index (χ0n) is 14.2. The minimum atomic E-state index is -0.537. The molecule has 0 saturated heterocycles. The molecule has 0 fully saturated rings. The predicted molar refractivity (Wildman–Crippen MR) is 84.2 cm³/mol. The maximum Gasteiger partial charge on any atom is 0.342 e. The van der Waals surface area contributed by atoms with E-state index >= 15 is 0 Å². The highest BCUT2D eigenvalue weighted by Gasteiger charge is 2.17. The van der Waals surface area contributed by atoms with Gasteiger partial charge in [0.2, 0.25) is 0 Å². The molecule has 0 radical (unpaired) electrons. The summed E-state index contributed by atoms with van der Waals surface area (Å²) in [5.74, 6) is -0.176. The second-order valence-electron chi connectivity index (χ2n) is 5.72.